The van der Waals surface area contributed by atoms with E-state index in [0.717, 1.165) is 12.5 Å². The van der Waals surface area contributed by atoms with Gasteiger partial charge in [0.1, 0.15) is 0 Å². The highest BCUT2D eigenvalue weighted by Crippen LogP contribution is 2.27. The Kier molecular flexibility index (Phi) is 3.68. The van der Waals surface area contributed by atoms with Crippen LogP contribution >= 0.6 is 22.6 Å². The third-order valence-electron chi connectivity index (χ3n) is 3.71. The largest absolute Gasteiger partial charge is 0.272 e. The number of benzene rings is 1. The van der Waals surface area contributed by atoms with Crippen LogP contribution in [0, 0.1) is 9.49 Å². The predicted octanol–water partition coefficient (Wildman–Crippen LogP) is 4.34. The summed E-state index contributed by atoms with van der Waals surface area (Å²) in [5.41, 5.74) is 2.49. The van der Waals surface area contributed by atoms with Crippen molar-refractivity contribution in [3.8, 4) is 11.1 Å². The molecular weight excluding hydrogens is 335 g/mol. The van der Waals surface area contributed by atoms with Gasteiger partial charge in [-0.2, -0.15) is 5.10 Å². The number of aromatic nitrogens is 2. The van der Waals surface area contributed by atoms with Crippen LogP contribution in [0.25, 0.3) is 11.1 Å². The molecule has 0 saturated heterocycles. The lowest BCUT2D eigenvalue weighted by molar-refractivity contribution is 0.429. The van der Waals surface area contributed by atoms with Gasteiger partial charge in [-0.05, 0) is 59.0 Å². The maximum atomic E-state index is 4.50. The van der Waals surface area contributed by atoms with Gasteiger partial charge in [0.05, 0.1) is 6.20 Å². The van der Waals surface area contributed by atoms with E-state index in [0.29, 0.717) is 0 Å². The third kappa shape index (κ3) is 2.76. The molecule has 1 heterocycles. The molecule has 0 bridgehead atoms. The van der Waals surface area contributed by atoms with Crippen molar-refractivity contribution in [2.45, 2.75) is 32.2 Å². The molecule has 1 fully saturated rings. The molecule has 18 heavy (non-hydrogen) atoms. The first kappa shape index (κ1) is 12.2. The molecule has 0 N–H and O–H groups in total. The van der Waals surface area contributed by atoms with Crippen LogP contribution in [0.5, 0.6) is 0 Å². The molecular formula is C15H17IN2. The van der Waals surface area contributed by atoms with Crippen LogP contribution in [-0.2, 0) is 6.54 Å². The number of nitrogens with zero attached hydrogens (tertiary/aromatic N) is 2. The van der Waals surface area contributed by atoms with Crippen LogP contribution in [0.3, 0.4) is 0 Å². The van der Waals surface area contributed by atoms with Gasteiger partial charge in [-0.1, -0.05) is 25.0 Å². The summed E-state index contributed by atoms with van der Waals surface area (Å²) in [6.45, 7) is 1.09. The molecule has 3 heteroatoms. The first-order valence-electron chi connectivity index (χ1n) is 6.60. The van der Waals surface area contributed by atoms with E-state index in [-0.39, 0.29) is 0 Å². The molecule has 0 unspecified atom stereocenters. The Labute approximate surface area is 122 Å². The van der Waals surface area contributed by atoms with E-state index < -0.39 is 0 Å². The molecule has 94 valence electrons. The molecule has 2 aromatic rings. The van der Waals surface area contributed by atoms with Crippen LogP contribution in [0.1, 0.15) is 25.7 Å². The Morgan fingerprint density at radius 3 is 2.83 bits per heavy atom. The Morgan fingerprint density at radius 2 is 2.06 bits per heavy atom. The number of halogens is 1. The Balaban J connectivity index is 1.76. The molecule has 1 aliphatic rings. The maximum absolute atomic E-state index is 4.50. The van der Waals surface area contributed by atoms with Crippen LogP contribution < -0.4 is 0 Å². The molecule has 3 rings (SSSR count). The van der Waals surface area contributed by atoms with Crippen LogP contribution in [0.4, 0.5) is 0 Å². The van der Waals surface area contributed by atoms with E-state index in [1.165, 1.54) is 40.4 Å². The second-order valence-electron chi connectivity index (χ2n) is 5.11. The van der Waals surface area contributed by atoms with Crippen molar-refractivity contribution < 1.29 is 0 Å². The standard InChI is InChI=1S/C15H17IN2/c16-15-7-3-6-13(8-15)14-9-17-18(11-14)10-12-4-1-2-5-12/h3,6-9,11-12H,1-2,4-5,10H2. The highest BCUT2D eigenvalue weighted by molar-refractivity contribution is 14.1. The van der Waals surface area contributed by atoms with Gasteiger partial charge >= 0.3 is 0 Å². The molecule has 0 aliphatic heterocycles. The molecule has 1 aromatic heterocycles. The fourth-order valence-electron chi connectivity index (χ4n) is 2.74. The van der Waals surface area contributed by atoms with E-state index in [2.05, 4.69) is 62.8 Å². The van der Waals surface area contributed by atoms with Crippen LogP contribution in [0.2, 0.25) is 0 Å². The van der Waals surface area contributed by atoms with Gasteiger partial charge in [0.25, 0.3) is 0 Å². The average Bonchev–Trinajstić information content (AvgIpc) is 3.01. The second kappa shape index (κ2) is 5.43. The minimum absolute atomic E-state index is 0.841. The quantitative estimate of drug-likeness (QED) is 0.752. The van der Waals surface area contributed by atoms with Crippen molar-refractivity contribution in [1.82, 2.24) is 9.78 Å². The first-order valence-corrected chi connectivity index (χ1v) is 7.67. The smallest absolute Gasteiger partial charge is 0.0568 e. The summed E-state index contributed by atoms with van der Waals surface area (Å²) in [5.74, 6) is 0.841. The highest BCUT2D eigenvalue weighted by Gasteiger charge is 2.15. The highest BCUT2D eigenvalue weighted by atomic mass is 127. The van der Waals surface area contributed by atoms with Gasteiger partial charge in [0.2, 0.25) is 0 Å². The lowest BCUT2D eigenvalue weighted by Gasteiger charge is -2.08. The summed E-state index contributed by atoms with van der Waals surface area (Å²) >= 11 is 2.35. The van der Waals surface area contributed by atoms with E-state index in [1.807, 2.05) is 6.20 Å². The van der Waals surface area contributed by atoms with Crippen molar-refractivity contribution in [2.24, 2.45) is 5.92 Å². The van der Waals surface area contributed by atoms with E-state index in [1.54, 1.807) is 0 Å². The zero-order valence-electron chi connectivity index (χ0n) is 10.3. The second-order valence-corrected chi connectivity index (χ2v) is 6.36. The van der Waals surface area contributed by atoms with E-state index >= 15 is 0 Å². The minimum atomic E-state index is 0.841. The topological polar surface area (TPSA) is 17.8 Å². The Bertz CT molecular complexity index is 527. The summed E-state index contributed by atoms with van der Waals surface area (Å²) < 4.78 is 3.39. The lowest BCUT2D eigenvalue weighted by Crippen LogP contribution is -2.07. The van der Waals surface area contributed by atoms with Crippen molar-refractivity contribution in [1.29, 1.82) is 0 Å². The zero-order chi connectivity index (χ0) is 12.4. The molecule has 1 saturated carbocycles. The lowest BCUT2D eigenvalue weighted by atomic mass is 10.1. The van der Waals surface area contributed by atoms with Gasteiger partial charge in [0.15, 0.2) is 0 Å². The molecule has 0 atom stereocenters. The average molecular weight is 352 g/mol. The van der Waals surface area contributed by atoms with Gasteiger partial charge in [0, 0.05) is 21.9 Å². The Morgan fingerprint density at radius 1 is 1.22 bits per heavy atom. The van der Waals surface area contributed by atoms with E-state index in [4.69, 9.17) is 0 Å². The zero-order valence-corrected chi connectivity index (χ0v) is 12.5. The molecule has 2 nitrogen and oxygen atoms in total. The molecule has 1 aromatic carbocycles. The summed E-state index contributed by atoms with van der Waals surface area (Å²) in [7, 11) is 0. The predicted molar refractivity (Wildman–Crippen MR) is 82.3 cm³/mol. The van der Waals surface area contributed by atoms with Crippen molar-refractivity contribution in [2.75, 3.05) is 0 Å². The normalized spacial score (nSPS) is 16.3. The molecule has 1 aliphatic carbocycles. The van der Waals surface area contributed by atoms with Gasteiger partial charge in [-0.3, -0.25) is 4.68 Å². The number of rotatable bonds is 3. The van der Waals surface area contributed by atoms with Crippen molar-refractivity contribution in [3.63, 3.8) is 0 Å². The van der Waals surface area contributed by atoms with E-state index in [9.17, 15) is 0 Å². The van der Waals surface area contributed by atoms with Crippen molar-refractivity contribution >= 4 is 22.6 Å². The van der Waals surface area contributed by atoms with Crippen LogP contribution in [-0.4, -0.2) is 9.78 Å². The summed E-state index contributed by atoms with van der Waals surface area (Å²) in [5, 5.41) is 4.50. The van der Waals surface area contributed by atoms with Gasteiger partial charge in [-0.25, -0.2) is 0 Å². The van der Waals surface area contributed by atoms with Gasteiger partial charge in [-0.15, -0.1) is 0 Å². The first-order chi connectivity index (χ1) is 8.81. The number of hydrogen-bond donors (Lipinski definition) is 0. The Hall–Kier alpha value is -0.840. The SMILES string of the molecule is Ic1cccc(-c2cnn(CC3CCCC3)c2)c1. The minimum Gasteiger partial charge on any atom is -0.272 e. The fourth-order valence-corrected chi connectivity index (χ4v) is 3.28. The monoisotopic (exact) mass is 352 g/mol. The van der Waals surface area contributed by atoms with Crippen molar-refractivity contribution in [3.05, 3.63) is 40.2 Å². The molecule has 0 radical (unpaired) electrons. The molecule has 0 amide bonds. The van der Waals surface area contributed by atoms with Gasteiger partial charge < -0.3 is 0 Å². The molecule has 0 spiro atoms. The summed E-state index contributed by atoms with van der Waals surface area (Å²) in [6, 6.07) is 8.58. The third-order valence-corrected chi connectivity index (χ3v) is 4.38. The summed E-state index contributed by atoms with van der Waals surface area (Å²) in [4.78, 5) is 0. The maximum Gasteiger partial charge on any atom is 0.0568 e. The number of hydrogen-bond acceptors (Lipinski definition) is 1. The van der Waals surface area contributed by atoms with Crippen LogP contribution in [0.15, 0.2) is 36.7 Å². The summed E-state index contributed by atoms with van der Waals surface area (Å²) in [6.07, 6.45) is 9.71. The fraction of sp³-hybridized carbons (Fsp3) is 0.400.